The fourth-order valence-corrected chi connectivity index (χ4v) is 3.76. The van der Waals surface area contributed by atoms with Gasteiger partial charge in [0.05, 0.1) is 23.2 Å². The number of esters is 1. The Labute approximate surface area is 185 Å². The van der Waals surface area contributed by atoms with Gasteiger partial charge in [0, 0.05) is 15.7 Å². The van der Waals surface area contributed by atoms with Gasteiger partial charge in [-0.2, -0.15) is 5.26 Å². The first-order valence-corrected chi connectivity index (χ1v) is 10.3. The van der Waals surface area contributed by atoms with E-state index in [1.165, 1.54) is 6.08 Å². The number of nitrogens with zero attached hydrogens (tertiary/aromatic N) is 1. The van der Waals surface area contributed by atoms with Gasteiger partial charge in [0.1, 0.15) is 17.4 Å². The highest BCUT2D eigenvalue weighted by atomic mass is 79.9. The van der Waals surface area contributed by atoms with Crippen molar-refractivity contribution in [3.63, 3.8) is 0 Å². The average molecular weight is 522 g/mol. The summed E-state index contributed by atoms with van der Waals surface area (Å²) in [5.74, 6) is -0.475. The third-order valence-corrected chi connectivity index (χ3v) is 4.69. The molecular formula is C21H18Br2N2O4. The van der Waals surface area contributed by atoms with E-state index in [1.807, 2.05) is 19.1 Å². The Morgan fingerprint density at radius 3 is 2.41 bits per heavy atom. The van der Waals surface area contributed by atoms with Gasteiger partial charge in [0.25, 0.3) is 5.91 Å². The molecule has 8 heteroatoms. The molecule has 1 amide bonds. The minimum absolute atomic E-state index is 0.0922. The molecule has 0 saturated carbocycles. The average Bonchev–Trinajstić information content (AvgIpc) is 2.69. The monoisotopic (exact) mass is 520 g/mol. The normalized spacial score (nSPS) is 10.8. The minimum atomic E-state index is -0.574. The van der Waals surface area contributed by atoms with Gasteiger partial charge in [-0.1, -0.05) is 15.9 Å². The molecular weight excluding hydrogens is 504 g/mol. The summed E-state index contributed by atoms with van der Waals surface area (Å²) < 4.78 is 12.0. The lowest BCUT2D eigenvalue weighted by atomic mass is 10.1. The molecule has 0 spiro atoms. The van der Waals surface area contributed by atoms with Crippen LogP contribution < -0.4 is 10.1 Å². The summed E-state index contributed by atoms with van der Waals surface area (Å²) in [4.78, 5) is 24.2. The summed E-state index contributed by atoms with van der Waals surface area (Å²) in [6.07, 6.45) is 1.46. The van der Waals surface area contributed by atoms with Crippen molar-refractivity contribution in [1.29, 1.82) is 5.26 Å². The quantitative estimate of drug-likeness (QED) is 0.302. The zero-order valence-electron chi connectivity index (χ0n) is 15.8. The number of hydrogen-bond acceptors (Lipinski definition) is 5. The highest BCUT2D eigenvalue weighted by Crippen LogP contribution is 2.34. The van der Waals surface area contributed by atoms with Crippen LogP contribution in [-0.4, -0.2) is 25.1 Å². The topological polar surface area (TPSA) is 88.4 Å². The van der Waals surface area contributed by atoms with Crippen molar-refractivity contribution in [2.75, 3.05) is 18.5 Å². The maximum Gasteiger partial charge on any atom is 0.338 e. The first-order chi connectivity index (χ1) is 13.9. The van der Waals surface area contributed by atoms with Gasteiger partial charge in [-0.15, -0.1) is 0 Å². The number of benzene rings is 2. The van der Waals surface area contributed by atoms with Crippen LogP contribution in [0.25, 0.3) is 6.08 Å². The minimum Gasteiger partial charge on any atom is -0.492 e. The van der Waals surface area contributed by atoms with Crippen LogP contribution in [0.2, 0.25) is 0 Å². The Bertz CT molecular complexity index is 979. The van der Waals surface area contributed by atoms with Crippen LogP contribution in [0.4, 0.5) is 5.69 Å². The number of nitrogens with one attached hydrogen (secondary N) is 1. The second-order valence-electron chi connectivity index (χ2n) is 5.66. The van der Waals surface area contributed by atoms with Crippen LogP contribution in [0.15, 0.2) is 50.9 Å². The van der Waals surface area contributed by atoms with Crippen LogP contribution in [0.1, 0.15) is 29.8 Å². The van der Waals surface area contributed by atoms with E-state index in [9.17, 15) is 14.9 Å². The number of carbonyl (C=O) groups is 2. The van der Waals surface area contributed by atoms with Crippen molar-refractivity contribution in [3.8, 4) is 11.8 Å². The van der Waals surface area contributed by atoms with E-state index in [2.05, 4.69) is 37.2 Å². The Morgan fingerprint density at radius 1 is 1.14 bits per heavy atom. The molecule has 0 aromatic heterocycles. The molecule has 2 aromatic rings. The molecule has 0 bridgehead atoms. The lowest BCUT2D eigenvalue weighted by Gasteiger charge is -2.11. The number of amides is 1. The van der Waals surface area contributed by atoms with Crippen LogP contribution in [-0.2, 0) is 9.53 Å². The summed E-state index contributed by atoms with van der Waals surface area (Å²) in [5.41, 5.74) is 1.31. The second kappa shape index (κ2) is 10.8. The van der Waals surface area contributed by atoms with Gasteiger partial charge in [-0.3, -0.25) is 4.79 Å². The number of carbonyl (C=O) groups excluding carboxylic acids is 2. The van der Waals surface area contributed by atoms with E-state index in [0.29, 0.717) is 33.6 Å². The number of rotatable bonds is 7. The summed E-state index contributed by atoms with van der Waals surface area (Å²) in [7, 11) is 0. The maximum absolute atomic E-state index is 12.6. The van der Waals surface area contributed by atoms with Crippen LogP contribution >= 0.6 is 31.9 Å². The number of ether oxygens (including phenoxy) is 2. The Kier molecular flexibility index (Phi) is 8.43. The molecule has 0 aliphatic carbocycles. The zero-order valence-corrected chi connectivity index (χ0v) is 19.0. The molecule has 0 saturated heterocycles. The zero-order chi connectivity index (χ0) is 21.4. The van der Waals surface area contributed by atoms with Crippen molar-refractivity contribution in [2.24, 2.45) is 0 Å². The van der Waals surface area contributed by atoms with Gasteiger partial charge in [-0.05, 0) is 72.3 Å². The lowest BCUT2D eigenvalue weighted by molar-refractivity contribution is -0.112. The largest absolute Gasteiger partial charge is 0.492 e. The Morgan fingerprint density at radius 2 is 1.83 bits per heavy atom. The van der Waals surface area contributed by atoms with Crippen molar-refractivity contribution in [2.45, 2.75) is 13.8 Å². The smallest absolute Gasteiger partial charge is 0.338 e. The molecule has 0 atom stereocenters. The number of anilines is 1. The van der Waals surface area contributed by atoms with Crippen LogP contribution in [0.3, 0.4) is 0 Å². The van der Waals surface area contributed by atoms with Crippen molar-refractivity contribution in [3.05, 3.63) is 62.0 Å². The maximum atomic E-state index is 12.6. The standard InChI is InChI=1S/C21H18Br2N2O4/c1-3-28-19-14(10-16(22)11-18(19)23)9-15(12-24)20(26)25-17-7-5-13(6-8-17)21(27)29-4-2/h5-11H,3-4H2,1-2H3,(H,25,26)/b15-9+. The summed E-state index contributed by atoms with van der Waals surface area (Å²) >= 11 is 6.82. The number of nitriles is 1. The fourth-order valence-electron chi connectivity index (χ4n) is 2.39. The molecule has 1 N–H and O–H groups in total. The lowest BCUT2D eigenvalue weighted by Crippen LogP contribution is -2.14. The molecule has 2 aromatic carbocycles. The van der Waals surface area contributed by atoms with E-state index < -0.39 is 11.9 Å². The molecule has 2 rings (SSSR count). The van der Waals surface area contributed by atoms with Crippen LogP contribution in [0.5, 0.6) is 5.75 Å². The van der Waals surface area contributed by atoms with E-state index in [1.54, 1.807) is 37.3 Å². The highest BCUT2D eigenvalue weighted by molar-refractivity contribution is 9.11. The van der Waals surface area contributed by atoms with Crippen molar-refractivity contribution < 1.29 is 19.1 Å². The fraction of sp³-hybridized carbons (Fsp3) is 0.190. The Hall–Kier alpha value is -2.63. The first-order valence-electron chi connectivity index (χ1n) is 8.71. The van der Waals surface area contributed by atoms with Gasteiger partial charge in [0.15, 0.2) is 0 Å². The Balaban J connectivity index is 2.26. The van der Waals surface area contributed by atoms with Crippen LogP contribution in [0, 0.1) is 11.3 Å². The van der Waals surface area contributed by atoms with E-state index >= 15 is 0 Å². The molecule has 0 heterocycles. The summed E-state index contributed by atoms with van der Waals surface area (Å²) in [6, 6.07) is 11.7. The molecule has 150 valence electrons. The summed E-state index contributed by atoms with van der Waals surface area (Å²) in [5, 5.41) is 12.1. The first kappa shape index (κ1) is 22.7. The second-order valence-corrected chi connectivity index (χ2v) is 7.43. The molecule has 0 fully saturated rings. The SMILES string of the molecule is CCOC(=O)c1ccc(NC(=O)/C(C#N)=C/c2cc(Br)cc(Br)c2OCC)cc1. The van der Waals surface area contributed by atoms with Gasteiger partial charge in [-0.25, -0.2) is 4.79 Å². The van der Waals surface area contributed by atoms with Gasteiger partial charge >= 0.3 is 5.97 Å². The predicted molar refractivity (Wildman–Crippen MR) is 118 cm³/mol. The van der Waals surface area contributed by atoms with E-state index in [4.69, 9.17) is 9.47 Å². The number of halogens is 2. The van der Waals surface area contributed by atoms with E-state index in [-0.39, 0.29) is 12.2 Å². The molecule has 0 radical (unpaired) electrons. The van der Waals surface area contributed by atoms with Gasteiger partial charge < -0.3 is 14.8 Å². The van der Waals surface area contributed by atoms with Gasteiger partial charge in [0.2, 0.25) is 0 Å². The molecule has 0 unspecified atom stereocenters. The third kappa shape index (κ3) is 6.17. The number of hydrogen-bond donors (Lipinski definition) is 1. The highest BCUT2D eigenvalue weighted by Gasteiger charge is 2.14. The van der Waals surface area contributed by atoms with Crippen molar-refractivity contribution in [1.82, 2.24) is 0 Å². The third-order valence-electron chi connectivity index (χ3n) is 3.64. The summed E-state index contributed by atoms with van der Waals surface area (Å²) in [6.45, 7) is 4.29. The molecule has 6 nitrogen and oxygen atoms in total. The van der Waals surface area contributed by atoms with E-state index in [0.717, 1.165) is 4.47 Å². The van der Waals surface area contributed by atoms with Crippen molar-refractivity contribution >= 4 is 55.5 Å². The molecule has 0 aliphatic rings. The molecule has 0 aliphatic heterocycles. The predicted octanol–water partition coefficient (Wildman–Crippen LogP) is 5.33. The molecule has 29 heavy (non-hydrogen) atoms.